The van der Waals surface area contributed by atoms with E-state index in [1.165, 1.54) is 31.7 Å². The standard InChI is InChI=1S/C12H16BrN3/c1-15-7-9-2-3-16(12(9)8-15)11-4-10(13)5-14-6-11/h4-6,9,12H,2-3,7-8H2,1H3. The lowest BCUT2D eigenvalue weighted by molar-refractivity contribution is 0.386. The van der Waals surface area contributed by atoms with Crippen LogP contribution in [0.2, 0.25) is 0 Å². The third-order valence-corrected chi connectivity index (χ3v) is 4.19. The number of pyridine rings is 1. The van der Waals surface area contributed by atoms with E-state index in [4.69, 9.17) is 0 Å². The van der Waals surface area contributed by atoms with E-state index in [2.05, 4.69) is 43.8 Å². The second-order valence-electron chi connectivity index (χ2n) is 4.89. The number of aromatic nitrogens is 1. The van der Waals surface area contributed by atoms with E-state index in [0.29, 0.717) is 6.04 Å². The van der Waals surface area contributed by atoms with Gasteiger partial charge in [-0.05, 0) is 41.4 Å². The van der Waals surface area contributed by atoms with Crippen molar-refractivity contribution >= 4 is 21.6 Å². The Kier molecular flexibility index (Phi) is 2.64. The van der Waals surface area contributed by atoms with Crippen molar-refractivity contribution in [2.24, 2.45) is 5.92 Å². The zero-order valence-electron chi connectivity index (χ0n) is 9.43. The molecule has 2 atom stereocenters. The van der Waals surface area contributed by atoms with Crippen LogP contribution in [0, 0.1) is 5.92 Å². The lowest BCUT2D eigenvalue weighted by atomic mass is 10.1. The molecule has 4 heteroatoms. The maximum absolute atomic E-state index is 4.26. The molecule has 2 aliphatic rings. The van der Waals surface area contributed by atoms with Crippen LogP contribution in [0.1, 0.15) is 6.42 Å². The van der Waals surface area contributed by atoms with E-state index in [1.54, 1.807) is 0 Å². The Morgan fingerprint density at radius 3 is 3.06 bits per heavy atom. The highest BCUT2D eigenvalue weighted by atomic mass is 79.9. The molecule has 0 bridgehead atoms. The van der Waals surface area contributed by atoms with Gasteiger partial charge in [0.15, 0.2) is 0 Å². The van der Waals surface area contributed by atoms with Crippen molar-refractivity contribution in [3.63, 3.8) is 0 Å². The molecule has 0 N–H and O–H groups in total. The first kappa shape index (κ1) is 10.5. The SMILES string of the molecule is CN1CC2CCN(c3cncc(Br)c3)C2C1. The minimum Gasteiger partial charge on any atom is -0.366 e. The van der Waals surface area contributed by atoms with Crippen molar-refractivity contribution in [1.82, 2.24) is 9.88 Å². The Morgan fingerprint density at radius 2 is 2.25 bits per heavy atom. The van der Waals surface area contributed by atoms with Gasteiger partial charge < -0.3 is 9.80 Å². The summed E-state index contributed by atoms with van der Waals surface area (Å²) < 4.78 is 1.07. The average molecular weight is 282 g/mol. The van der Waals surface area contributed by atoms with Crippen LogP contribution in [0.3, 0.4) is 0 Å². The smallest absolute Gasteiger partial charge is 0.0567 e. The maximum Gasteiger partial charge on any atom is 0.0567 e. The summed E-state index contributed by atoms with van der Waals surface area (Å²) in [5.74, 6) is 0.851. The fraction of sp³-hybridized carbons (Fsp3) is 0.583. The molecule has 1 aromatic rings. The van der Waals surface area contributed by atoms with Crippen molar-refractivity contribution in [3.8, 4) is 0 Å². The lowest BCUT2D eigenvalue weighted by Gasteiger charge is -2.26. The van der Waals surface area contributed by atoms with Gasteiger partial charge in [-0.1, -0.05) is 0 Å². The van der Waals surface area contributed by atoms with Gasteiger partial charge >= 0.3 is 0 Å². The second-order valence-corrected chi connectivity index (χ2v) is 5.81. The molecule has 0 radical (unpaired) electrons. The monoisotopic (exact) mass is 281 g/mol. The fourth-order valence-electron chi connectivity index (χ4n) is 3.05. The van der Waals surface area contributed by atoms with Crippen molar-refractivity contribution in [1.29, 1.82) is 0 Å². The number of anilines is 1. The van der Waals surface area contributed by atoms with Gasteiger partial charge in [0, 0.05) is 36.3 Å². The van der Waals surface area contributed by atoms with E-state index in [0.717, 1.165) is 10.4 Å². The third kappa shape index (κ3) is 1.74. The molecule has 86 valence electrons. The highest BCUT2D eigenvalue weighted by Gasteiger charge is 2.40. The number of likely N-dealkylation sites (tertiary alicyclic amines) is 1. The Bertz CT molecular complexity index is 396. The Balaban J connectivity index is 1.86. The molecule has 0 saturated carbocycles. The van der Waals surface area contributed by atoms with Gasteiger partial charge in [0.25, 0.3) is 0 Å². The number of hydrogen-bond donors (Lipinski definition) is 0. The number of halogens is 1. The van der Waals surface area contributed by atoms with Gasteiger partial charge in [-0.15, -0.1) is 0 Å². The van der Waals surface area contributed by atoms with Crippen molar-refractivity contribution in [2.75, 3.05) is 31.6 Å². The molecule has 1 aromatic heterocycles. The molecule has 0 amide bonds. The van der Waals surface area contributed by atoms with Gasteiger partial charge in [-0.25, -0.2) is 0 Å². The lowest BCUT2D eigenvalue weighted by Crippen LogP contribution is -2.34. The minimum absolute atomic E-state index is 0.695. The summed E-state index contributed by atoms with van der Waals surface area (Å²) in [6.07, 6.45) is 5.14. The van der Waals surface area contributed by atoms with Crippen LogP contribution >= 0.6 is 15.9 Å². The zero-order valence-corrected chi connectivity index (χ0v) is 11.0. The average Bonchev–Trinajstić information content (AvgIpc) is 2.76. The van der Waals surface area contributed by atoms with E-state index >= 15 is 0 Å². The van der Waals surface area contributed by atoms with Crippen molar-refractivity contribution < 1.29 is 0 Å². The normalized spacial score (nSPS) is 29.8. The summed E-state index contributed by atoms with van der Waals surface area (Å²) in [6.45, 7) is 3.63. The number of hydrogen-bond acceptors (Lipinski definition) is 3. The van der Waals surface area contributed by atoms with Gasteiger partial charge in [0.1, 0.15) is 0 Å². The summed E-state index contributed by atoms with van der Waals surface area (Å²) in [5.41, 5.74) is 1.26. The number of nitrogens with zero attached hydrogens (tertiary/aromatic N) is 3. The molecule has 2 fully saturated rings. The molecule has 0 aromatic carbocycles. The molecule has 0 spiro atoms. The molecular weight excluding hydrogens is 266 g/mol. The molecule has 2 unspecified atom stereocenters. The summed E-state index contributed by atoms with van der Waals surface area (Å²) in [6, 6.07) is 2.87. The van der Waals surface area contributed by atoms with E-state index in [1.807, 2.05) is 12.4 Å². The van der Waals surface area contributed by atoms with Crippen LogP contribution in [0.25, 0.3) is 0 Å². The minimum atomic E-state index is 0.695. The first-order valence-corrected chi connectivity index (χ1v) is 6.59. The van der Waals surface area contributed by atoms with Gasteiger partial charge in [-0.2, -0.15) is 0 Å². The quantitative estimate of drug-likeness (QED) is 0.785. The number of fused-ring (bicyclic) bond motifs is 1. The van der Waals surface area contributed by atoms with Crippen molar-refractivity contribution in [2.45, 2.75) is 12.5 Å². The largest absolute Gasteiger partial charge is 0.366 e. The topological polar surface area (TPSA) is 19.4 Å². The molecule has 2 saturated heterocycles. The van der Waals surface area contributed by atoms with Crippen LogP contribution in [0.15, 0.2) is 22.9 Å². The van der Waals surface area contributed by atoms with Gasteiger partial charge in [0.2, 0.25) is 0 Å². The molecule has 0 aliphatic carbocycles. The zero-order chi connectivity index (χ0) is 11.1. The van der Waals surface area contributed by atoms with Crippen LogP contribution in [-0.2, 0) is 0 Å². The third-order valence-electron chi connectivity index (χ3n) is 3.75. The molecule has 3 rings (SSSR count). The molecule has 3 nitrogen and oxygen atoms in total. The first-order valence-electron chi connectivity index (χ1n) is 5.80. The molecule has 3 heterocycles. The second kappa shape index (κ2) is 4.00. The Hall–Kier alpha value is -0.610. The summed E-state index contributed by atoms with van der Waals surface area (Å²) >= 11 is 3.49. The first-order chi connectivity index (χ1) is 7.74. The van der Waals surface area contributed by atoms with E-state index in [-0.39, 0.29) is 0 Å². The van der Waals surface area contributed by atoms with Crippen LogP contribution in [0.5, 0.6) is 0 Å². The predicted octanol–water partition coefficient (Wildman–Crippen LogP) is 1.98. The number of rotatable bonds is 1. The molecule has 16 heavy (non-hydrogen) atoms. The van der Waals surface area contributed by atoms with Crippen LogP contribution < -0.4 is 4.90 Å². The summed E-state index contributed by atoms with van der Waals surface area (Å²) in [7, 11) is 2.22. The highest BCUT2D eigenvalue weighted by molar-refractivity contribution is 9.10. The maximum atomic E-state index is 4.26. The van der Waals surface area contributed by atoms with Gasteiger partial charge in [0.05, 0.1) is 11.9 Å². The van der Waals surface area contributed by atoms with Crippen LogP contribution in [-0.4, -0.2) is 42.6 Å². The number of likely N-dealkylation sites (N-methyl/N-ethyl adjacent to an activating group) is 1. The predicted molar refractivity (Wildman–Crippen MR) is 68.7 cm³/mol. The summed E-state index contributed by atoms with van der Waals surface area (Å²) in [5, 5.41) is 0. The van der Waals surface area contributed by atoms with E-state index < -0.39 is 0 Å². The fourth-order valence-corrected chi connectivity index (χ4v) is 3.40. The van der Waals surface area contributed by atoms with E-state index in [9.17, 15) is 0 Å². The summed E-state index contributed by atoms with van der Waals surface area (Å²) in [4.78, 5) is 9.22. The Morgan fingerprint density at radius 1 is 1.38 bits per heavy atom. The highest BCUT2D eigenvalue weighted by Crippen LogP contribution is 2.34. The van der Waals surface area contributed by atoms with Crippen molar-refractivity contribution in [3.05, 3.63) is 22.9 Å². The molecular formula is C12H16BrN3. The van der Waals surface area contributed by atoms with Gasteiger partial charge in [-0.3, -0.25) is 4.98 Å². The van der Waals surface area contributed by atoms with Crippen LogP contribution in [0.4, 0.5) is 5.69 Å². The molecule has 2 aliphatic heterocycles. The Labute approximate surface area is 105 Å².